The largest absolute Gasteiger partial charge is 0.494 e. The Bertz CT molecular complexity index is 1160. The summed E-state index contributed by atoms with van der Waals surface area (Å²) in [6, 6.07) is 23.0. The summed E-state index contributed by atoms with van der Waals surface area (Å²) in [6.07, 6.45) is 7.41. The third kappa shape index (κ3) is 8.53. The smallest absolute Gasteiger partial charge is 0.253 e. The van der Waals surface area contributed by atoms with Gasteiger partial charge in [-0.3, -0.25) is 9.59 Å². The molecule has 0 aliphatic heterocycles. The standard InChI is InChI=1S/C30H34ClN3O3/c31-28-18-15-25(20-27(28)30(36)34-23-11-5-2-6-12-23)32-21-29(35)33-24-13-16-26(17-14-24)37-19-7-10-22-8-3-1-4-9-22/h1,3-4,8-9,13-18,20,23,32H,2,5-7,10-12,19,21H2,(H,33,35)(H,34,36). The minimum absolute atomic E-state index is 0.0586. The van der Waals surface area contributed by atoms with E-state index in [1.54, 1.807) is 18.2 Å². The van der Waals surface area contributed by atoms with Crippen LogP contribution in [-0.4, -0.2) is 31.0 Å². The molecular weight excluding hydrogens is 486 g/mol. The summed E-state index contributed by atoms with van der Waals surface area (Å²) in [5.41, 5.74) is 3.06. The number of halogens is 1. The average molecular weight is 520 g/mol. The Morgan fingerprint density at radius 3 is 2.38 bits per heavy atom. The molecule has 6 nitrogen and oxygen atoms in total. The van der Waals surface area contributed by atoms with Crippen LogP contribution in [-0.2, 0) is 11.2 Å². The lowest BCUT2D eigenvalue weighted by Gasteiger charge is -2.23. The van der Waals surface area contributed by atoms with Crippen LogP contribution < -0.4 is 20.7 Å². The van der Waals surface area contributed by atoms with Crippen molar-refractivity contribution < 1.29 is 14.3 Å². The van der Waals surface area contributed by atoms with Crippen LogP contribution in [0, 0.1) is 0 Å². The highest BCUT2D eigenvalue weighted by molar-refractivity contribution is 6.34. The summed E-state index contributed by atoms with van der Waals surface area (Å²) in [6.45, 7) is 0.690. The zero-order chi connectivity index (χ0) is 25.9. The van der Waals surface area contributed by atoms with E-state index in [0.29, 0.717) is 28.6 Å². The van der Waals surface area contributed by atoms with Crippen molar-refractivity contribution >= 4 is 34.8 Å². The van der Waals surface area contributed by atoms with Crippen molar-refractivity contribution in [2.24, 2.45) is 0 Å². The SMILES string of the molecule is O=C(CNc1ccc(Cl)c(C(=O)NC2CCCCC2)c1)Nc1ccc(OCCCc2ccccc2)cc1. The molecule has 194 valence electrons. The normalized spacial score (nSPS) is 13.5. The van der Waals surface area contributed by atoms with Crippen molar-refractivity contribution in [2.45, 2.75) is 51.0 Å². The first-order valence-electron chi connectivity index (χ1n) is 13.0. The van der Waals surface area contributed by atoms with Gasteiger partial charge in [-0.15, -0.1) is 0 Å². The molecule has 0 bridgehead atoms. The van der Waals surface area contributed by atoms with E-state index >= 15 is 0 Å². The van der Waals surface area contributed by atoms with Crippen molar-refractivity contribution in [1.82, 2.24) is 5.32 Å². The minimum atomic E-state index is -0.195. The fourth-order valence-electron chi connectivity index (χ4n) is 4.45. The molecule has 0 heterocycles. The van der Waals surface area contributed by atoms with Gasteiger partial charge in [0.1, 0.15) is 5.75 Å². The highest BCUT2D eigenvalue weighted by atomic mass is 35.5. The summed E-state index contributed by atoms with van der Waals surface area (Å²) < 4.78 is 5.81. The predicted molar refractivity (Wildman–Crippen MR) is 150 cm³/mol. The Balaban J connectivity index is 1.20. The molecule has 1 fully saturated rings. The lowest BCUT2D eigenvalue weighted by atomic mass is 9.95. The first kappa shape index (κ1) is 26.6. The summed E-state index contributed by atoms with van der Waals surface area (Å²) in [4.78, 5) is 25.2. The molecule has 1 aliphatic rings. The molecule has 37 heavy (non-hydrogen) atoms. The quantitative estimate of drug-likeness (QED) is 0.254. The zero-order valence-electron chi connectivity index (χ0n) is 21.0. The Labute approximate surface area is 223 Å². The number of ether oxygens (including phenoxy) is 1. The van der Waals surface area contributed by atoms with Crippen LogP contribution in [0.4, 0.5) is 11.4 Å². The highest BCUT2D eigenvalue weighted by Crippen LogP contribution is 2.23. The van der Waals surface area contributed by atoms with Gasteiger partial charge in [-0.2, -0.15) is 0 Å². The number of carbonyl (C=O) groups is 2. The topological polar surface area (TPSA) is 79.5 Å². The molecule has 1 aliphatic carbocycles. The highest BCUT2D eigenvalue weighted by Gasteiger charge is 2.18. The molecule has 3 aromatic carbocycles. The van der Waals surface area contributed by atoms with Crippen molar-refractivity contribution in [1.29, 1.82) is 0 Å². The van der Waals surface area contributed by atoms with Gasteiger partial charge in [-0.1, -0.05) is 61.2 Å². The molecular formula is C30H34ClN3O3. The second-order valence-corrected chi connectivity index (χ2v) is 9.77. The van der Waals surface area contributed by atoms with Crippen LogP contribution >= 0.6 is 11.6 Å². The molecule has 0 saturated heterocycles. The molecule has 3 N–H and O–H groups in total. The molecule has 4 rings (SSSR count). The Morgan fingerprint density at radius 1 is 0.892 bits per heavy atom. The zero-order valence-corrected chi connectivity index (χ0v) is 21.7. The Hall–Kier alpha value is -3.51. The number of rotatable bonds is 11. The molecule has 0 radical (unpaired) electrons. The second-order valence-electron chi connectivity index (χ2n) is 9.37. The van der Waals surface area contributed by atoms with E-state index in [9.17, 15) is 9.59 Å². The molecule has 3 aromatic rings. The van der Waals surface area contributed by atoms with E-state index in [-0.39, 0.29) is 24.4 Å². The van der Waals surface area contributed by atoms with Gasteiger partial charge in [0.2, 0.25) is 5.91 Å². The number of anilines is 2. The van der Waals surface area contributed by atoms with E-state index < -0.39 is 0 Å². The number of hydrogen-bond donors (Lipinski definition) is 3. The lowest BCUT2D eigenvalue weighted by molar-refractivity contribution is -0.114. The lowest BCUT2D eigenvalue weighted by Crippen LogP contribution is -2.36. The summed E-state index contributed by atoms with van der Waals surface area (Å²) >= 11 is 6.28. The third-order valence-electron chi connectivity index (χ3n) is 6.46. The van der Waals surface area contributed by atoms with Gasteiger partial charge in [0, 0.05) is 17.4 Å². The maximum atomic E-state index is 12.7. The fourth-order valence-corrected chi connectivity index (χ4v) is 4.66. The van der Waals surface area contributed by atoms with Gasteiger partial charge in [-0.25, -0.2) is 0 Å². The van der Waals surface area contributed by atoms with Crippen LogP contribution in [0.2, 0.25) is 5.02 Å². The van der Waals surface area contributed by atoms with Crippen molar-refractivity contribution in [3.63, 3.8) is 0 Å². The van der Waals surface area contributed by atoms with Crippen LogP contribution in [0.1, 0.15) is 54.4 Å². The van der Waals surface area contributed by atoms with Gasteiger partial charge in [-0.05, 0) is 73.7 Å². The molecule has 0 unspecified atom stereocenters. The molecule has 0 aromatic heterocycles. The van der Waals surface area contributed by atoms with E-state index in [1.807, 2.05) is 42.5 Å². The van der Waals surface area contributed by atoms with Crippen molar-refractivity contribution in [2.75, 3.05) is 23.8 Å². The average Bonchev–Trinajstić information content (AvgIpc) is 2.92. The fraction of sp³-hybridized carbons (Fsp3) is 0.333. The minimum Gasteiger partial charge on any atom is -0.494 e. The van der Waals surface area contributed by atoms with E-state index in [1.165, 1.54) is 12.0 Å². The predicted octanol–water partition coefficient (Wildman–Crippen LogP) is 6.46. The number of benzene rings is 3. The summed E-state index contributed by atoms with van der Waals surface area (Å²) in [7, 11) is 0. The molecule has 0 spiro atoms. The molecule has 0 atom stereocenters. The van der Waals surface area contributed by atoms with Gasteiger partial charge in [0.25, 0.3) is 5.91 Å². The number of hydrogen-bond acceptors (Lipinski definition) is 4. The van der Waals surface area contributed by atoms with E-state index in [2.05, 4.69) is 28.1 Å². The summed E-state index contributed by atoms with van der Waals surface area (Å²) in [5, 5.41) is 9.43. The van der Waals surface area contributed by atoms with E-state index in [4.69, 9.17) is 16.3 Å². The summed E-state index contributed by atoms with van der Waals surface area (Å²) in [5.74, 6) is 0.399. The van der Waals surface area contributed by atoms with Gasteiger partial charge < -0.3 is 20.7 Å². The number of amides is 2. The Kier molecular flexibility index (Phi) is 9.83. The molecule has 7 heteroatoms. The number of carbonyl (C=O) groups excluding carboxylic acids is 2. The van der Waals surface area contributed by atoms with E-state index in [0.717, 1.165) is 44.3 Å². The Morgan fingerprint density at radius 2 is 1.62 bits per heavy atom. The first-order chi connectivity index (χ1) is 18.1. The second kappa shape index (κ2) is 13.7. The maximum Gasteiger partial charge on any atom is 0.253 e. The van der Waals surface area contributed by atoms with Crippen LogP contribution in [0.3, 0.4) is 0 Å². The van der Waals surface area contributed by atoms with Gasteiger partial charge in [0.05, 0.1) is 23.7 Å². The number of nitrogens with one attached hydrogen (secondary N) is 3. The van der Waals surface area contributed by atoms with Crippen LogP contribution in [0.15, 0.2) is 72.8 Å². The van der Waals surface area contributed by atoms with Crippen molar-refractivity contribution in [3.05, 3.63) is 88.9 Å². The van der Waals surface area contributed by atoms with Crippen LogP contribution in [0.25, 0.3) is 0 Å². The van der Waals surface area contributed by atoms with Crippen LogP contribution in [0.5, 0.6) is 5.75 Å². The van der Waals surface area contributed by atoms with Crippen molar-refractivity contribution in [3.8, 4) is 5.75 Å². The third-order valence-corrected chi connectivity index (χ3v) is 6.79. The molecule has 1 saturated carbocycles. The maximum absolute atomic E-state index is 12.7. The van der Waals surface area contributed by atoms with Gasteiger partial charge in [0.15, 0.2) is 0 Å². The first-order valence-corrected chi connectivity index (χ1v) is 13.4. The monoisotopic (exact) mass is 519 g/mol. The van der Waals surface area contributed by atoms with Gasteiger partial charge >= 0.3 is 0 Å². The number of aryl methyl sites for hydroxylation is 1. The molecule has 2 amide bonds.